The highest BCUT2D eigenvalue weighted by molar-refractivity contribution is 5.80. The summed E-state index contributed by atoms with van der Waals surface area (Å²) in [5, 5.41) is 7.52. The van der Waals surface area contributed by atoms with Crippen LogP contribution in [0.15, 0.2) is 9.52 Å². The van der Waals surface area contributed by atoms with Crippen molar-refractivity contribution in [3.63, 3.8) is 0 Å². The fraction of sp³-hybridized carbons (Fsp3) is 0.842. The molecule has 0 aliphatic carbocycles. The Bertz CT molecular complexity index is 550. The molecule has 2 rings (SSSR count). The molecule has 1 atom stereocenters. The number of hydrogen-bond acceptors (Lipinski definition) is 4. The molecule has 0 spiro atoms. The molecular formula is C19H35N5O. The molecular weight excluding hydrogens is 314 g/mol. The van der Waals surface area contributed by atoms with Crippen LogP contribution >= 0.6 is 0 Å². The Balaban J connectivity index is 1.78. The Kier molecular flexibility index (Phi) is 7.26. The maximum Gasteiger partial charge on any atom is 0.226 e. The highest BCUT2D eigenvalue weighted by Crippen LogP contribution is 2.33. The van der Waals surface area contributed by atoms with Crippen molar-refractivity contribution in [1.29, 1.82) is 0 Å². The van der Waals surface area contributed by atoms with Crippen LogP contribution in [0, 0.1) is 5.41 Å². The minimum absolute atomic E-state index is 0.311. The fourth-order valence-electron chi connectivity index (χ4n) is 3.68. The van der Waals surface area contributed by atoms with Gasteiger partial charge < -0.3 is 14.7 Å². The first kappa shape index (κ1) is 19.7. The number of piperidine rings is 1. The van der Waals surface area contributed by atoms with E-state index in [0.29, 0.717) is 11.3 Å². The molecule has 1 aromatic rings. The van der Waals surface area contributed by atoms with Crippen molar-refractivity contribution in [3.05, 3.63) is 11.7 Å². The Hall–Kier alpha value is -1.59. The van der Waals surface area contributed by atoms with Crippen LogP contribution in [-0.2, 0) is 6.42 Å². The summed E-state index contributed by atoms with van der Waals surface area (Å²) >= 11 is 0. The van der Waals surface area contributed by atoms with Crippen LogP contribution < -0.4 is 5.32 Å². The van der Waals surface area contributed by atoms with Crippen LogP contribution in [0.1, 0.15) is 77.4 Å². The Morgan fingerprint density at radius 3 is 2.88 bits per heavy atom. The summed E-state index contributed by atoms with van der Waals surface area (Å²) < 4.78 is 5.30. The van der Waals surface area contributed by atoms with E-state index in [2.05, 4.69) is 53.0 Å². The zero-order valence-corrected chi connectivity index (χ0v) is 16.6. The molecule has 1 unspecified atom stereocenters. The molecule has 1 saturated heterocycles. The summed E-state index contributed by atoms with van der Waals surface area (Å²) in [5.74, 6) is 2.86. The van der Waals surface area contributed by atoms with Gasteiger partial charge in [0.15, 0.2) is 11.8 Å². The van der Waals surface area contributed by atoms with Crippen molar-refractivity contribution >= 4 is 5.96 Å². The van der Waals surface area contributed by atoms with Gasteiger partial charge in [-0.1, -0.05) is 39.3 Å². The number of nitrogens with one attached hydrogen (secondary N) is 1. The van der Waals surface area contributed by atoms with Gasteiger partial charge in [-0.15, -0.1) is 0 Å². The first-order chi connectivity index (χ1) is 12.0. The van der Waals surface area contributed by atoms with Crippen LogP contribution in [0.4, 0.5) is 0 Å². The number of hydrogen-bond donors (Lipinski definition) is 1. The lowest BCUT2D eigenvalue weighted by Gasteiger charge is -2.42. The average Bonchev–Trinajstić information content (AvgIpc) is 3.04. The van der Waals surface area contributed by atoms with Crippen LogP contribution in [0.5, 0.6) is 0 Å². The van der Waals surface area contributed by atoms with E-state index in [9.17, 15) is 0 Å². The minimum atomic E-state index is 0.311. The third-order valence-electron chi connectivity index (χ3n) is 5.00. The predicted octanol–water partition coefficient (Wildman–Crippen LogP) is 3.60. The second kappa shape index (κ2) is 9.20. The molecule has 1 aliphatic heterocycles. The number of likely N-dealkylation sites (tertiary alicyclic amines) is 1. The van der Waals surface area contributed by atoms with Gasteiger partial charge in [-0.3, -0.25) is 4.99 Å². The maximum atomic E-state index is 5.30. The van der Waals surface area contributed by atoms with Gasteiger partial charge in [-0.25, -0.2) is 0 Å². The zero-order chi connectivity index (χ0) is 18.3. The number of aryl methyl sites for hydroxylation is 1. The quantitative estimate of drug-likeness (QED) is 0.463. The summed E-state index contributed by atoms with van der Waals surface area (Å²) in [6.45, 7) is 11.9. The second-order valence-corrected chi connectivity index (χ2v) is 7.86. The zero-order valence-electron chi connectivity index (χ0n) is 16.6. The van der Waals surface area contributed by atoms with Crippen LogP contribution in [0.3, 0.4) is 0 Å². The van der Waals surface area contributed by atoms with Gasteiger partial charge >= 0.3 is 0 Å². The summed E-state index contributed by atoms with van der Waals surface area (Å²) in [4.78, 5) is 11.3. The molecule has 0 bridgehead atoms. The van der Waals surface area contributed by atoms with Crippen LogP contribution in [0.2, 0.25) is 0 Å². The first-order valence-electron chi connectivity index (χ1n) is 9.75. The summed E-state index contributed by atoms with van der Waals surface area (Å²) in [6, 6.07) is 0. The lowest BCUT2D eigenvalue weighted by Crippen LogP contribution is -2.50. The maximum absolute atomic E-state index is 5.30. The number of aliphatic imine (C=N–C) groups is 1. The van der Waals surface area contributed by atoms with Gasteiger partial charge in [0.2, 0.25) is 5.89 Å². The molecule has 1 aromatic heterocycles. The van der Waals surface area contributed by atoms with Gasteiger partial charge in [-0.05, 0) is 31.1 Å². The van der Waals surface area contributed by atoms with E-state index >= 15 is 0 Å². The Morgan fingerprint density at radius 1 is 1.44 bits per heavy atom. The van der Waals surface area contributed by atoms with Gasteiger partial charge in [0.05, 0.1) is 0 Å². The molecule has 0 saturated carbocycles. The molecule has 1 N–H and O–H groups in total. The highest BCUT2D eigenvalue weighted by Gasteiger charge is 2.31. The van der Waals surface area contributed by atoms with Gasteiger partial charge in [0, 0.05) is 39.0 Å². The average molecular weight is 350 g/mol. The van der Waals surface area contributed by atoms with Crippen LogP contribution in [-0.4, -0.2) is 47.7 Å². The smallest absolute Gasteiger partial charge is 0.226 e. The molecule has 0 amide bonds. The summed E-state index contributed by atoms with van der Waals surface area (Å²) in [7, 11) is 1.88. The van der Waals surface area contributed by atoms with Crippen molar-refractivity contribution in [3.8, 4) is 0 Å². The fourth-order valence-corrected chi connectivity index (χ4v) is 3.68. The third kappa shape index (κ3) is 5.72. The second-order valence-electron chi connectivity index (χ2n) is 7.86. The highest BCUT2D eigenvalue weighted by atomic mass is 16.5. The van der Waals surface area contributed by atoms with Gasteiger partial charge in [0.1, 0.15) is 0 Å². The lowest BCUT2D eigenvalue weighted by molar-refractivity contribution is 0.142. The van der Waals surface area contributed by atoms with E-state index in [0.717, 1.165) is 50.2 Å². The van der Waals surface area contributed by atoms with E-state index in [4.69, 9.17) is 4.52 Å². The van der Waals surface area contributed by atoms with Crippen molar-refractivity contribution in [2.24, 2.45) is 10.4 Å². The van der Waals surface area contributed by atoms with Gasteiger partial charge in [0.25, 0.3) is 0 Å². The number of guanidine groups is 1. The van der Waals surface area contributed by atoms with E-state index in [1.54, 1.807) is 0 Å². The normalized spacial score (nSPS) is 21.8. The molecule has 2 heterocycles. The van der Waals surface area contributed by atoms with E-state index in [1.807, 2.05) is 7.05 Å². The monoisotopic (exact) mass is 349 g/mol. The molecule has 6 nitrogen and oxygen atoms in total. The van der Waals surface area contributed by atoms with Crippen molar-refractivity contribution in [1.82, 2.24) is 20.4 Å². The lowest BCUT2D eigenvalue weighted by atomic mass is 9.78. The van der Waals surface area contributed by atoms with Crippen molar-refractivity contribution in [2.45, 2.75) is 72.1 Å². The topological polar surface area (TPSA) is 66.5 Å². The Morgan fingerprint density at radius 2 is 2.24 bits per heavy atom. The van der Waals surface area contributed by atoms with Crippen molar-refractivity contribution < 1.29 is 4.52 Å². The number of aromatic nitrogens is 2. The number of rotatable bonds is 7. The molecule has 0 radical (unpaired) electrons. The molecule has 142 valence electrons. The molecule has 0 aromatic carbocycles. The van der Waals surface area contributed by atoms with Crippen LogP contribution in [0.25, 0.3) is 0 Å². The largest absolute Gasteiger partial charge is 0.356 e. The molecule has 25 heavy (non-hydrogen) atoms. The van der Waals surface area contributed by atoms with E-state index in [-0.39, 0.29) is 0 Å². The standard InChI is InChI=1S/C19H35N5O/c1-6-10-19(4)11-8-13-24(14-19)18(20-5)21-12-7-9-16-22-17(15(2)3)23-25-16/h15H,6-14H2,1-5H3,(H,20,21). The molecule has 6 heteroatoms. The first-order valence-corrected chi connectivity index (χ1v) is 9.75. The van der Waals surface area contributed by atoms with E-state index in [1.165, 1.54) is 25.7 Å². The number of nitrogens with zero attached hydrogens (tertiary/aromatic N) is 4. The van der Waals surface area contributed by atoms with E-state index < -0.39 is 0 Å². The minimum Gasteiger partial charge on any atom is -0.356 e. The summed E-state index contributed by atoms with van der Waals surface area (Å²) in [5.41, 5.74) is 0.418. The Labute approximate surface area is 152 Å². The predicted molar refractivity (Wildman–Crippen MR) is 102 cm³/mol. The van der Waals surface area contributed by atoms with Crippen molar-refractivity contribution in [2.75, 3.05) is 26.7 Å². The molecule has 1 fully saturated rings. The molecule has 1 aliphatic rings. The third-order valence-corrected chi connectivity index (χ3v) is 5.00. The van der Waals surface area contributed by atoms with Gasteiger partial charge in [-0.2, -0.15) is 4.98 Å². The summed E-state index contributed by atoms with van der Waals surface area (Å²) in [6.07, 6.45) is 6.87. The SMILES string of the molecule is CCCC1(C)CCCN(C(=NC)NCCCc2nc(C(C)C)no2)C1.